The number of pyridine rings is 1. The lowest BCUT2D eigenvalue weighted by Crippen LogP contribution is -2.22. The van der Waals surface area contributed by atoms with Crippen molar-refractivity contribution in [3.8, 4) is 5.75 Å². The predicted octanol–water partition coefficient (Wildman–Crippen LogP) is 4.86. The first kappa shape index (κ1) is 14.6. The highest BCUT2D eigenvalue weighted by molar-refractivity contribution is 6.31. The lowest BCUT2D eigenvalue weighted by molar-refractivity contribution is 0.251. The third-order valence-electron chi connectivity index (χ3n) is 3.18. The molecule has 0 aliphatic carbocycles. The van der Waals surface area contributed by atoms with E-state index in [4.69, 9.17) is 16.3 Å². The Kier molecular flexibility index (Phi) is 4.11. The van der Waals surface area contributed by atoms with E-state index in [1.165, 1.54) is 12.1 Å². The van der Waals surface area contributed by atoms with Crippen molar-refractivity contribution in [2.75, 3.05) is 5.32 Å². The monoisotopic (exact) mass is 316 g/mol. The zero-order chi connectivity index (χ0) is 15.5. The Morgan fingerprint density at radius 2 is 2.05 bits per heavy atom. The van der Waals surface area contributed by atoms with Gasteiger partial charge in [-0.3, -0.25) is 4.98 Å². The van der Waals surface area contributed by atoms with Gasteiger partial charge in [0.15, 0.2) is 6.23 Å². The van der Waals surface area contributed by atoms with E-state index in [0.29, 0.717) is 11.4 Å². The number of hydrogen-bond acceptors (Lipinski definition) is 3. The number of fused-ring (bicyclic) bond motifs is 1. The van der Waals surface area contributed by atoms with E-state index in [2.05, 4.69) is 10.3 Å². The van der Waals surface area contributed by atoms with E-state index in [9.17, 15) is 4.39 Å². The maximum atomic E-state index is 13.1. The van der Waals surface area contributed by atoms with Gasteiger partial charge in [0.1, 0.15) is 11.6 Å². The van der Waals surface area contributed by atoms with Gasteiger partial charge in [-0.1, -0.05) is 17.7 Å². The smallest absolute Gasteiger partial charge is 0.167 e. The standard InChI is InChI=1S/C17H14ClFN2O/c1-11(21-13-5-7-16(19)15(18)9-13)22-14-6-4-12-3-2-8-20-17(12)10-14/h2-11,21H,1H3. The molecule has 1 aromatic heterocycles. The highest BCUT2D eigenvalue weighted by Crippen LogP contribution is 2.22. The van der Waals surface area contributed by atoms with Crippen LogP contribution in [0.5, 0.6) is 5.75 Å². The average Bonchev–Trinajstić information content (AvgIpc) is 2.51. The SMILES string of the molecule is CC(Nc1ccc(F)c(Cl)c1)Oc1ccc2cccnc2c1. The minimum absolute atomic E-state index is 0.0760. The molecular weight excluding hydrogens is 303 g/mol. The minimum atomic E-state index is -0.443. The molecule has 1 N–H and O–H groups in total. The van der Waals surface area contributed by atoms with E-state index < -0.39 is 5.82 Å². The molecule has 2 aromatic carbocycles. The van der Waals surface area contributed by atoms with Gasteiger partial charge in [0, 0.05) is 23.3 Å². The lowest BCUT2D eigenvalue weighted by Gasteiger charge is -2.18. The number of nitrogens with zero attached hydrogens (tertiary/aromatic N) is 1. The van der Waals surface area contributed by atoms with Crippen molar-refractivity contribution >= 4 is 28.2 Å². The molecular formula is C17H14ClFN2O. The molecule has 0 radical (unpaired) electrons. The Morgan fingerprint density at radius 1 is 1.18 bits per heavy atom. The van der Waals surface area contributed by atoms with Gasteiger partial charge in [0.05, 0.1) is 10.5 Å². The maximum Gasteiger partial charge on any atom is 0.167 e. The van der Waals surface area contributed by atoms with Crippen LogP contribution in [-0.4, -0.2) is 11.2 Å². The van der Waals surface area contributed by atoms with Crippen LogP contribution in [0.15, 0.2) is 54.7 Å². The summed E-state index contributed by atoms with van der Waals surface area (Å²) in [5.74, 6) is 0.265. The molecule has 0 saturated heterocycles. The van der Waals surface area contributed by atoms with Gasteiger partial charge in [0.25, 0.3) is 0 Å². The number of halogens is 2. The van der Waals surface area contributed by atoms with Crippen LogP contribution in [0.1, 0.15) is 6.92 Å². The van der Waals surface area contributed by atoms with Gasteiger partial charge in [-0.15, -0.1) is 0 Å². The quantitative estimate of drug-likeness (QED) is 0.698. The van der Waals surface area contributed by atoms with Crippen molar-refractivity contribution in [3.05, 3.63) is 65.6 Å². The first-order valence-corrected chi connectivity index (χ1v) is 7.22. The fraction of sp³-hybridized carbons (Fsp3) is 0.118. The summed E-state index contributed by atoms with van der Waals surface area (Å²) in [6, 6.07) is 14.1. The normalized spacial score (nSPS) is 12.1. The summed E-state index contributed by atoms with van der Waals surface area (Å²) in [6.45, 7) is 1.86. The van der Waals surface area contributed by atoms with Gasteiger partial charge in [-0.05, 0) is 43.3 Å². The molecule has 0 bridgehead atoms. The highest BCUT2D eigenvalue weighted by atomic mass is 35.5. The van der Waals surface area contributed by atoms with Crippen LogP contribution in [-0.2, 0) is 0 Å². The second-order valence-corrected chi connectivity index (χ2v) is 5.30. The Hall–Kier alpha value is -2.33. The van der Waals surface area contributed by atoms with Gasteiger partial charge in [-0.25, -0.2) is 4.39 Å². The fourth-order valence-corrected chi connectivity index (χ4v) is 2.35. The predicted molar refractivity (Wildman–Crippen MR) is 86.9 cm³/mol. The van der Waals surface area contributed by atoms with Crippen molar-refractivity contribution in [1.29, 1.82) is 0 Å². The maximum absolute atomic E-state index is 13.1. The van der Waals surface area contributed by atoms with Crippen LogP contribution >= 0.6 is 11.6 Å². The topological polar surface area (TPSA) is 34.1 Å². The van der Waals surface area contributed by atoms with Gasteiger partial charge in [-0.2, -0.15) is 0 Å². The van der Waals surface area contributed by atoms with Crippen LogP contribution < -0.4 is 10.1 Å². The number of anilines is 1. The molecule has 0 amide bonds. The Balaban J connectivity index is 1.72. The van der Waals surface area contributed by atoms with Crippen LogP contribution in [0.2, 0.25) is 5.02 Å². The highest BCUT2D eigenvalue weighted by Gasteiger charge is 2.07. The van der Waals surface area contributed by atoms with Crippen molar-refractivity contribution < 1.29 is 9.13 Å². The largest absolute Gasteiger partial charge is 0.471 e. The molecule has 22 heavy (non-hydrogen) atoms. The van der Waals surface area contributed by atoms with Gasteiger partial charge in [0.2, 0.25) is 0 Å². The van der Waals surface area contributed by atoms with Crippen molar-refractivity contribution in [3.63, 3.8) is 0 Å². The van der Waals surface area contributed by atoms with E-state index in [-0.39, 0.29) is 11.3 Å². The van der Waals surface area contributed by atoms with Crippen molar-refractivity contribution in [2.24, 2.45) is 0 Å². The molecule has 3 rings (SSSR count). The number of benzene rings is 2. The second-order valence-electron chi connectivity index (χ2n) is 4.89. The fourth-order valence-electron chi connectivity index (χ4n) is 2.17. The molecule has 1 heterocycles. The van der Waals surface area contributed by atoms with Crippen LogP contribution in [0.4, 0.5) is 10.1 Å². The summed E-state index contributed by atoms with van der Waals surface area (Å²) < 4.78 is 18.9. The summed E-state index contributed by atoms with van der Waals surface area (Å²) in [5.41, 5.74) is 1.56. The summed E-state index contributed by atoms with van der Waals surface area (Å²) in [5, 5.41) is 4.25. The summed E-state index contributed by atoms with van der Waals surface area (Å²) in [6.07, 6.45) is 1.44. The molecule has 1 unspecified atom stereocenters. The van der Waals surface area contributed by atoms with Crippen LogP contribution in [0.3, 0.4) is 0 Å². The number of ether oxygens (including phenoxy) is 1. The number of aromatic nitrogens is 1. The van der Waals surface area contributed by atoms with Gasteiger partial charge >= 0.3 is 0 Å². The van der Waals surface area contributed by atoms with Crippen molar-refractivity contribution in [1.82, 2.24) is 4.98 Å². The molecule has 112 valence electrons. The molecule has 5 heteroatoms. The second kappa shape index (κ2) is 6.20. The molecule has 0 spiro atoms. The summed E-state index contributed by atoms with van der Waals surface area (Å²) in [7, 11) is 0. The number of hydrogen-bond donors (Lipinski definition) is 1. The Morgan fingerprint density at radius 3 is 2.86 bits per heavy atom. The number of nitrogens with one attached hydrogen (secondary N) is 1. The summed E-state index contributed by atoms with van der Waals surface area (Å²) >= 11 is 5.76. The summed E-state index contributed by atoms with van der Waals surface area (Å²) in [4.78, 5) is 4.29. The zero-order valence-corrected chi connectivity index (χ0v) is 12.6. The third-order valence-corrected chi connectivity index (χ3v) is 3.47. The molecule has 1 atom stereocenters. The van der Waals surface area contributed by atoms with Crippen molar-refractivity contribution in [2.45, 2.75) is 13.2 Å². The lowest BCUT2D eigenvalue weighted by atomic mass is 10.2. The van der Waals surface area contributed by atoms with E-state index in [0.717, 1.165) is 10.9 Å². The van der Waals surface area contributed by atoms with Crippen LogP contribution in [0, 0.1) is 5.82 Å². The molecule has 3 nitrogen and oxygen atoms in total. The number of rotatable bonds is 4. The first-order chi connectivity index (χ1) is 10.6. The van der Waals surface area contributed by atoms with E-state index in [1.807, 2.05) is 37.3 Å². The van der Waals surface area contributed by atoms with E-state index in [1.54, 1.807) is 12.3 Å². The minimum Gasteiger partial charge on any atom is -0.471 e. The molecule has 3 aromatic rings. The zero-order valence-electron chi connectivity index (χ0n) is 11.9. The van der Waals surface area contributed by atoms with Gasteiger partial charge < -0.3 is 10.1 Å². The molecule has 0 saturated carbocycles. The molecule has 0 fully saturated rings. The first-order valence-electron chi connectivity index (χ1n) is 6.85. The van der Waals surface area contributed by atoms with E-state index >= 15 is 0 Å². The third kappa shape index (κ3) is 3.28. The molecule has 0 aliphatic heterocycles. The Bertz CT molecular complexity index is 810. The molecule has 0 aliphatic rings. The average molecular weight is 317 g/mol. The Labute approximate surface area is 132 Å². The van der Waals surface area contributed by atoms with Crippen LogP contribution in [0.25, 0.3) is 10.9 Å².